The number of likely N-dealkylation sites (tertiary alicyclic amines) is 1. The first-order chi connectivity index (χ1) is 12.0. The molecule has 2 aromatic rings. The topological polar surface area (TPSA) is 32.3 Å². The molecule has 1 N–H and O–H groups in total. The molecular weight excluding hydrogens is 355 g/mol. The third-order valence-corrected chi connectivity index (χ3v) is 5.28. The van der Waals surface area contributed by atoms with Crippen LogP contribution in [-0.2, 0) is 11.3 Å². The molecule has 132 valence electrons. The number of amides is 1. The van der Waals surface area contributed by atoms with Crippen LogP contribution in [0, 0.1) is 12.8 Å². The van der Waals surface area contributed by atoms with Crippen LogP contribution in [0.25, 0.3) is 0 Å². The highest BCUT2D eigenvalue weighted by Crippen LogP contribution is 2.25. The van der Waals surface area contributed by atoms with Crippen molar-refractivity contribution in [3.8, 4) is 0 Å². The second-order valence-corrected chi connectivity index (χ2v) is 7.46. The molecular formula is C20H22Cl2N2O. The van der Waals surface area contributed by atoms with Crippen molar-refractivity contribution in [3.05, 3.63) is 63.6 Å². The summed E-state index contributed by atoms with van der Waals surface area (Å²) in [7, 11) is 0. The molecule has 0 saturated carbocycles. The molecule has 1 fully saturated rings. The maximum atomic E-state index is 12.6. The Kier molecular flexibility index (Phi) is 6.00. The van der Waals surface area contributed by atoms with E-state index in [1.807, 2.05) is 43.3 Å². The van der Waals surface area contributed by atoms with Gasteiger partial charge in [-0.1, -0.05) is 47.5 Å². The summed E-state index contributed by atoms with van der Waals surface area (Å²) in [5.74, 6) is 0.0978. The van der Waals surface area contributed by atoms with E-state index in [0.29, 0.717) is 10.0 Å². The van der Waals surface area contributed by atoms with Crippen molar-refractivity contribution in [2.24, 2.45) is 5.92 Å². The number of nitrogens with zero attached hydrogens (tertiary/aromatic N) is 1. The molecule has 1 heterocycles. The van der Waals surface area contributed by atoms with Gasteiger partial charge in [-0.05, 0) is 55.6 Å². The lowest BCUT2D eigenvalue weighted by Gasteiger charge is -2.32. The second kappa shape index (κ2) is 8.22. The number of benzene rings is 2. The Morgan fingerprint density at radius 2 is 2.04 bits per heavy atom. The SMILES string of the molecule is Cc1ccccc1NC(=O)C1CCCN(Cc2ccc(Cl)cc2Cl)C1. The second-order valence-electron chi connectivity index (χ2n) is 6.61. The largest absolute Gasteiger partial charge is 0.326 e. The van der Waals surface area contributed by atoms with E-state index in [9.17, 15) is 4.79 Å². The molecule has 0 aliphatic carbocycles. The predicted octanol–water partition coefficient (Wildman–Crippen LogP) is 5.15. The van der Waals surface area contributed by atoms with Gasteiger partial charge in [-0.15, -0.1) is 0 Å². The molecule has 2 aromatic carbocycles. The van der Waals surface area contributed by atoms with Crippen molar-refractivity contribution < 1.29 is 4.79 Å². The number of para-hydroxylation sites is 1. The molecule has 1 saturated heterocycles. The van der Waals surface area contributed by atoms with E-state index in [-0.39, 0.29) is 11.8 Å². The number of anilines is 1. The highest BCUT2D eigenvalue weighted by atomic mass is 35.5. The van der Waals surface area contributed by atoms with Gasteiger partial charge in [0.05, 0.1) is 5.92 Å². The quantitative estimate of drug-likeness (QED) is 0.799. The van der Waals surface area contributed by atoms with Gasteiger partial charge in [0.15, 0.2) is 0 Å². The van der Waals surface area contributed by atoms with Crippen LogP contribution in [0.3, 0.4) is 0 Å². The first-order valence-corrected chi connectivity index (χ1v) is 9.31. The Hall–Kier alpha value is -1.55. The molecule has 1 aliphatic rings. The Balaban J connectivity index is 1.62. The molecule has 3 rings (SSSR count). The summed E-state index contributed by atoms with van der Waals surface area (Å²) >= 11 is 12.2. The van der Waals surface area contributed by atoms with Gasteiger partial charge in [0, 0.05) is 28.8 Å². The monoisotopic (exact) mass is 376 g/mol. The number of aryl methyl sites for hydroxylation is 1. The molecule has 3 nitrogen and oxygen atoms in total. The number of halogens is 2. The fraction of sp³-hybridized carbons (Fsp3) is 0.350. The van der Waals surface area contributed by atoms with Crippen molar-refractivity contribution in [1.29, 1.82) is 0 Å². The fourth-order valence-corrected chi connectivity index (χ4v) is 3.72. The number of carbonyl (C=O) groups excluding carboxylic acids is 1. The zero-order valence-electron chi connectivity index (χ0n) is 14.3. The number of rotatable bonds is 4. The maximum absolute atomic E-state index is 12.6. The lowest BCUT2D eigenvalue weighted by molar-refractivity contribution is -0.121. The van der Waals surface area contributed by atoms with E-state index >= 15 is 0 Å². The summed E-state index contributed by atoms with van der Waals surface area (Å²) in [6.07, 6.45) is 1.93. The van der Waals surface area contributed by atoms with E-state index < -0.39 is 0 Å². The average Bonchev–Trinajstić information content (AvgIpc) is 2.60. The molecule has 25 heavy (non-hydrogen) atoms. The normalized spacial score (nSPS) is 18.1. The predicted molar refractivity (Wildman–Crippen MR) is 104 cm³/mol. The molecule has 0 radical (unpaired) electrons. The molecule has 0 spiro atoms. The Morgan fingerprint density at radius 1 is 1.24 bits per heavy atom. The van der Waals surface area contributed by atoms with Crippen LogP contribution >= 0.6 is 23.2 Å². The summed E-state index contributed by atoms with van der Waals surface area (Å²) in [6, 6.07) is 13.5. The van der Waals surface area contributed by atoms with Crippen molar-refractivity contribution in [2.75, 3.05) is 18.4 Å². The van der Waals surface area contributed by atoms with E-state index in [1.165, 1.54) is 0 Å². The van der Waals surface area contributed by atoms with Crippen molar-refractivity contribution >= 4 is 34.8 Å². The van der Waals surface area contributed by atoms with E-state index in [2.05, 4.69) is 10.2 Å². The highest BCUT2D eigenvalue weighted by molar-refractivity contribution is 6.35. The summed E-state index contributed by atoms with van der Waals surface area (Å²) in [4.78, 5) is 14.9. The first kappa shape index (κ1) is 18.2. The van der Waals surface area contributed by atoms with Gasteiger partial charge >= 0.3 is 0 Å². The molecule has 1 amide bonds. The van der Waals surface area contributed by atoms with Gasteiger partial charge in [0.1, 0.15) is 0 Å². The molecule has 0 bridgehead atoms. The third kappa shape index (κ3) is 4.75. The number of hydrogen-bond acceptors (Lipinski definition) is 2. The summed E-state index contributed by atoms with van der Waals surface area (Å²) in [5, 5.41) is 4.40. The average molecular weight is 377 g/mol. The van der Waals surface area contributed by atoms with E-state index in [4.69, 9.17) is 23.2 Å². The number of carbonyl (C=O) groups is 1. The van der Waals surface area contributed by atoms with Gasteiger partial charge < -0.3 is 5.32 Å². The maximum Gasteiger partial charge on any atom is 0.228 e. The lowest BCUT2D eigenvalue weighted by atomic mass is 9.96. The van der Waals surface area contributed by atoms with Crippen LogP contribution in [0.15, 0.2) is 42.5 Å². The molecule has 0 aromatic heterocycles. The summed E-state index contributed by atoms with van der Waals surface area (Å²) < 4.78 is 0. The van der Waals surface area contributed by atoms with Gasteiger partial charge in [-0.3, -0.25) is 9.69 Å². The number of hydrogen-bond donors (Lipinski definition) is 1. The minimum Gasteiger partial charge on any atom is -0.326 e. The van der Waals surface area contributed by atoms with Gasteiger partial charge in [-0.25, -0.2) is 0 Å². The Labute approximate surface area is 158 Å². The van der Waals surface area contributed by atoms with Crippen LogP contribution in [0.4, 0.5) is 5.69 Å². The van der Waals surface area contributed by atoms with Crippen LogP contribution < -0.4 is 5.32 Å². The minimum atomic E-state index is -0.000526. The molecule has 5 heteroatoms. The van der Waals surface area contributed by atoms with E-state index in [0.717, 1.165) is 49.3 Å². The number of piperidine rings is 1. The van der Waals surface area contributed by atoms with Gasteiger partial charge in [0.25, 0.3) is 0 Å². The van der Waals surface area contributed by atoms with Crippen LogP contribution in [0.5, 0.6) is 0 Å². The molecule has 1 aliphatic heterocycles. The van der Waals surface area contributed by atoms with Crippen molar-refractivity contribution in [1.82, 2.24) is 4.90 Å². The third-order valence-electron chi connectivity index (χ3n) is 4.69. The first-order valence-electron chi connectivity index (χ1n) is 8.55. The Morgan fingerprint density at radius 3 is 2.80 bits per heavy atom. The van der Waals surface area contributed by atoms with Crippen molar-refractivity contribution in [3.63, 3.8) is 0 Å². The highest BCUT2D eigenvalue weighted by Gasteiger charge is 2.26. The Bertz CT molecular complexity index is 763. The van der Waals surface area contributed by atoms with Crippen LogP contribution in [0.2, 0.25) is 10.0 Å². The molecule has 1 atom stereocenters. The smallest absolute Gasteiger partial charge is 0.228 e. The molecule has 1 unspecified atom stereocenters. The zero-order chi connectivity index (χ0) is 17.8. The van der Waals surface area contributed by atoms with Gasteiger partial charge in [0.2, 0.25) is 5.91 Å². The van der Waals surface area contributed by atoms with E-state index in [1.54, 1.807) is 6.07 Å². The van der Waals surface area contributed by atoms with Crippen molar-refractivity contribution in [2.45, 2.75) is 26.3 Å². The van der Waals surface area contributed by atoms with Gasteiger partial charge in [-0.2, -0.15) is 0 Å². The summed E-state index contributed by atoms with van der Waals surface area (Å²) in [5.41, 5.74) is 3.02. The standard InChI is InChI=1S/C20H22Cl2N2O/c1-14-5-2-3-7-19(14)23-20(25)16-6-4-10-24(13-16)12-15-8-9-17(21)11-18(15)22/h2-3,5,7-9,11,16H,4,6,10,12-13H2,1H3,(H,23,25). The van der Waals surface area contributed by atoms with Crippen LogP contribution in [-0.4, -0.2) is 23.9 Å². The number of nitrogens with one attached hydrogen (secondary N) is 1. The zero-order valence-corrected chi connectivity index (χ0v) is 15.8. The summed E-state index contributed by atoms with van der Waals surface area (Å²) in [6.45, 7) is 4.47. The fourth-order valence-electron chi connectivity index (χ4n) is 3.25. The lowest BCUT2D eigenvalue weighted by Crippen LogP contribution is -2.40. The van der Waals surface area contributed by atoms with Crippen LogP contribution in [0.1, 0.15) is 24.0 Å². The minimum absolute atomic E-state index is 0.000526.